The van der Waals surface area contributed by atoms with E-state index in [0.29, 0.717) is 27.7 Å². The van der Waals surface area contributed by atoms with Gasteiger partial charge in [-0.3, -0.25) is 9.52 Å². The second-order valence-corrected chi connectivity index (χ2v) is 8.03. The van der Waals surface area contributed by atoms with Crippen molar-refractivity contribution >= 4 is 50.7 Å². The number of nitrogens with one attached hydrogen (secondary N) is 2. The van der Waals surface area contributed by atoms with Crippen LogP contribution in [-0.2, 0) is 14.8 Å². The van der Waals surface area contributed by atoms with Crippen LogP contribution >= 0.6 is 23.4 Å². The molecule has 0 bridgehead atoms. The predicted octanol–water partition coefficient (Wildman–Crippen LogP) is 3.75. The van der Waals surface area contributed by atoms with E-state index in [9.17, 15) is 13.2 Å². The minimum atomic E-state index is -3.80. The van der Waals surface area contributed by atoms with E-state index in [-0.39, 0.29) is 10.8 Å². The van der Waals surface area contributed by atoms with Gasteiger partial charge in [0, 0.05) is 10.7 Å². The molecule has 0 atom stereocenters. The van der Waals surface area contributed by atoms with Crippen molar-refractivity contribution in [2.75, 3.05) is 22.0 Å². The lowest BCUT2D eigenvalue weighted by molar-refractivity contribution is -0.113. The zero-order valence-electron chi connectivity index (χ0n) is 13.2. The first-order valence-electron chi connectivity index (χ1n) is 6.99. The van der Waals surface area contributed by atoms with Gasteiger partial charge in [-0.1, -0.05) is 23.7 Å². The van der Waals surface area contributed by atoms with E-state index in [0.717, 1.165) is 0 Å². The molecule has 24 heavy (non-hydrogen) atoms. The van der Waals surface area contributed by atoms with E-state index in [2.05, 4.69) is 10.0 Å². The van der Waals surface area contributed by atoms with Gasteiger partial charge in [-0.15, -0.1) is 0 Å². The van der Waals surface area contributed by atoms with Crippen molar-refractivity contribution in [1.82, 2.24) is 0 Å². The maximum Gasteiger partial charge on any atom is 0.262 e. The van der Waals surface area contributed by atoms with Crippen molar-refractivity contribution in [1.29, 1.82) is 0 Å². The molecule has 0 aliphatic rings. The topological polar surface area (TPSA) is 75.3 Å². The molecule has 128 valence electrons. The highest BCUT2D eigenvalue weighted by Gasteiger charge is 2.18. The largest absolute Gasteiger partial charge is 0.325 e. The SMILES string of the molecule is CSCC(=O)Nc1ccc(C)c(S(=O)(=O)Nc2cccc(Cl)c2)c1. The van der Waals surface area contributed by atoms with Gasteiger partial charge in [-0.2, -0.15) is 11.8 Å². The van der Waals surface area contributed by atoms with Gasteiger partial charge in [0.2, 0.25) is 5.91 Å². The smallest absolute Gasteiger partial charge is 0.262 e. The summed E-state index contributed by atoms with van der Waals surface area (Å²) in [4.78, 5) is 11.8. The molecule has 0 aromatic heterocycles. The molecule has 0 saturated heterocycles. The average molecular weight is 385 g/mol. The molecule has 5 nitrogen and oxygen atoms in total. The molecule has 0 fully saturated rings. The average Bonchev–Trinajstić information content (AvgIpc) is 2.49. The van der Waals surface area contributed by atoms with Crippen molar-refractivity contribution in [2.24, 2.45) is 0 Å². The zero-order valence-corrected chi connectivity index (χ0v) is 15.6. The van der Waals surface area contributed by atoms with Crippen LogP contribution in [-0.4, -0.2) is 26.3 Å². The number of hydrogen-bond acceptors (Lipinski definition) is 4. The maximum absolute atomic E-state index is 12.6. The number of benzene rings is 2. The van der Waals surface area contributed by atoms with Gasteiger partial charge >= 0.3 is 0 Å². The Morgan fingerprint density at radius 2 is 1.92 bits per heavy atom. The zero-order chi connectivity index (χ0) is 17.7. The Kier molecular flexibility index (Phi) is 6.15. The lowest BCUT2D eigenvalue weighted by atomic mass is 10.2. The number of thioether (sulfide) groups is 1. The van der Waals surface area contributed by atoms with Gasteiger partial charge in [0.1, 0.15) is 0 Å². The minimum Gasteiger partial charge on any atom is -0.325 e. The van der Waals surface area contributed by atoms with Crippen LogP contribution in [0.3, 0.4) is 0 Å². The highest BCUT2D eigenvalue weighted by molar-refractivity contribution is 7.99. The summed E-state index contributed by atoms with van der Waals surface area (Å²) in [7, 11) is -3.80. The fourth-order valence-electron chi connectivity index (χ4n) is 2.06. The van der Waals surface area contributed by atoms with Crippen LogP contribution in [0.25, 0.3) is 0 Å². The van der Waals surface area contributed by atoms with Gasteiger partial charge in [-0.05, 0) is 49.1 Å². The van der Waals surface area contributed by atoms with E-state index in [1.165, 1.54) is 23.9 Å². The Balaban J connectivity index is 2.30. The van der Waals surface area contributed by atoms with E-state index in [1.54, 1.807) is 37.3 Å². The van der Waals surface area contributed by atoms with Crippen LogP contribution < -0.4 is 10.0 Å². The van der Waals surface area contributed by atoms with E-state index < -0.39 is 10.0 Å². The molecule has 0 aliphatic carbocycles. The fourth-order valence-corrected chi connectivity index (χ4v) is 3.90. The van der Waals surface area contributed by atoms with Crippen LogP contribution in [0.1, 0.15) is 5.56 Å². The van der Waals surface area contributed by atoms with E-state index in [4.69, 9.17) is 11.6 Å². The number of amides is 1. The van der Waals surface area contributed by atoms with Gasteiger partial charge in [-0.25, -0.2) is 8.42 Å². The first-order valence-corrected chi connectivity index (χ1v) is 10.2. The number of hydrogen-bond donors (Lipinski definition) is 2. The number of halogens is 1. The second-order valence-electron chi connectivity index (χ2n) is 5.08. The molecule has 2 N–H and O–H groups in total. The quantitative estimate of drug-likeness (QED) is 0.795. The summed E-state index contributed by atoms with van der Waals surface area (Å²) in [6, 6.07) is 11.2. The summed E-state index contributed by atoms with van der Waals surface area (Å²) in [6.07, 6.45) is 1.82. The Morgan fingerprint density at radius 3 is 2.58 bits per heavy atom. The van der Waals surface area contributed by atoms with Crippen LogP contribution in [0.2, 0.25) is 5.02 Å². The molecule has 0 unspecified atom stereocenters. The third kappa shape index (κ3) is 4.90. The highest BCUT2D eigenvalue weighted by atomic mass is 35.5. The molecule has 0 saturated carbocycles. The third-order valence-corrected chi connectivity index (χ3v) is 5.42. The molecule has 0 heterocycles. The Hall–Kier alpha value is -1.70. The number of rotatable bonds is 6. The monoisotopic (exact) mass is 384 g/mol. The lowest BCUT2D eigenvalue weighted by Gasteiger charge is -2.13. The highest BCUT2D eigenvalue weighted by Crippen LogP contribution is 2.24. The first kappa shape index (κ1) is 18.6. The standard InChI is InChI=1S/C16H17ClN2O3S2/c1-11-6-7-13(18-16(20)10-23-2)9-15(11)24(21,22)19-14-5-3-4-12(17)8-14/h3-9,19H,10H2,1-2H3,(H,18,20). The minimum absolute atomic E-state index is 0.101. The molecule has 2 aromatic carbocycles. The summed E-state index contributed by atoms with van der Waals surface area (Å²) in [6.45, 7) is 1.69. The Bertz CT molecular complexity index is 854. The maximum atomic E-state index is 12.6. The number of carbonyl (C=O) groups is 1. The van der Waals surface area contributed by atoms with E-state index >= 15 is 0 Å². The summed E-state index contributed by atoms with van der Waals surface area (Å²) >= 11 is 7.27. The number of sulfonamides is 1. The molecule has 0 aliphatic heterocycles. The summed E-state index contributed by atoms with van der Waals surface area (Å²) in [5.41, 5.74) is 1.39. The molecule has 1 amide bonds. The van der Waals surface area contributed by atoms with Crippen molar-refractivity contribution in [3.8, 4) is 0 Å². The molecule has 0 spiro atoms. The second kappa shape index (κ2) is 7.92. The Labute approximate surface area is 150 Å². The Morgan fingerprint density at radius 1 is 1.17 bits per heavy atom. The normalized spacial score (nSPS) is 11.1. The third-order valence-electron chi connectivity index (χ3n) is 3.11. The fraction of sp³-hybridized carbons (Fsp3) is 0.188. The van der Waals surface area contributed by atoms with Crippen molar-refractivity contribution in [3.05, 3.63) is 53.1 Å². The van der Waals surface area contributed by atoms with E-state index in [1.807, 2.05) is 6.26 Å². The number of anilines is 2. The summed E-state index contributed by atoms with van der Waals surface area (Å²) in [5, 5.41) is 3.12. The van der Waals surface area contributed by atoms with Crippen molar-refractivity contribution in [2.45, 2.75) is 11.8 Å². The molecule has 2 rings (SSSR count). The van der Waals surface area contributed by atoms with Gasteiger partial charge in [0.25, 0.3) is 10.0 Å². The molecule has 2 aromatic rings. The summed E-state index contributed by atoms with van der Waals surface area (Å²) < 4.78 is 27.7. The lowest BCUT2D eigenvalue weighted by Crippen LogP contribution is -2.17. The first-order chi connectivity index (χ1) is 11.3. The number of aryl methyl sites for hydroxylation is 1. The predicted molar refractivity (Wildman–Crippen MR) is 100 cm³/mol. The van der Waals surface area contributed by atoms with Crippen molar-refractivity contribution in [3.63, 3.8) is 0 Å². The number of carbonyl (C=O) groups excluding carboxylic acids is 1. The van der Waals surface area contributed by atoms with Crippen LogP contribution in [0.15, 0.2) is 47.4 Å². The molecular formula is C16H17ClN2O3S2. The van der Waals surface area contributed by atoms with Crippen LogP contribution in [0.4, 0.5) is 11.4 Å². The van der Waals surface area contributed by atoms with Gasteiger partial charge in [0.15, 0.2) is 0 Å². The molecule has 8 heteroatoms. The van der Waals surface area contributed by atoms with Gasteiger partial charge < -0.3 is 5.32 Å². The van der Waals surface area contributed by atoms with Crippen molar-refractivity contribution < 1.29 is 13.2 Å². The van der Waals surface area contributed by atoms with Crippen LogP contribution in [0.5, 0.6) is 0 Å². The molecular weight excluding hydrogens is 368 g/mol. The van der Waals surface area contributed by atoms with Gasteiger partial charge in [0.05, 0.1) is 16.3 Å². The van der Waals surface area contributed by atoms with Crippen LogP contribution in [0, 0.1) is 6.92 Å². The summed E-state index contributed by atoms with van der Waals surface area (Å²) in [5.74, 6) is 0.119. The molecule has 0 radical (unpaired) electrons.